The quantitative estimate of drug-likeness (QED) is 0.540. The van der Waals surface area contributed by atoms with Gasteiger partial charge >= 0.3 is 5.97 Å². The minimum atomic E-state index is -0.824. The number of carbonyl (C=O) groups is 1. The number of carboxylic acid groups (broad SMARTS) is 1. The van der Waals surface area contributed by atoms with Crippen molar-refractivity contribution >= 4 is 5.97 Å². The lowest BCUT2D eigenvalue weighted by Gasteiger charge is -2.12. The average Bonchev–Trinajstić information content (AvgIpc) is 2.90. The van der Waals surface area contributed by atoms with Crippen LogP contribution in [0, 0.1) is 0 Å². The largest absolute Gasteiger partial charge is 0.479 e. The predicted molar refractivity (Wildman–Crippen MR) is 81.0 cm³/mol. The molecule has 1 saturated heterocycles. The molecular weight excluding hydrogens is 254 g/mol. The van der Waals surface area contributed by atoms with Gasteiger partial charge in [0.25, 0.3) is 0 Å². The molecule has 0 aromatic heterocycles. The van der Waals surface area contributed by atoms with E-state index in [1.165, 1.54) is 51.4 Å². The van der Waals surface area contributed by atoms with Gasteiger partial charge in [-0.3, -0.25) is 0 Å². The Balaban J connectivity index is 1.82. The molecule has 1 rings (SSSR count). The Bertz CT molecular complexity index is 258. The predicted octanol–water partition coefficient (Wildman–Crippen LogP) is 3.35. The normalized spacial score (nSPS) is 22.2. The first-order valence-electron chi connectivity index (χ1n) is 8.33. The molecule has 0 amide bonds. The molecule has 0 spiro atoms. The van der Waals surface area contributed by atoms with E-state index in [4.69, 9.17) is 9.84 Å². The summed E-state index contributed by atoms with van der Waals surface area (Å²) in [5.41, 5.74) is 0. The van der Waals surface area contributed by atoms with Crippen LogP contribution in [-0.2, 0) is 9.53 Å². The number of hydrogen-bond donors (Lipinski definition) is 2. The van der Waals surface area contributed by atoms with Gasteiger partial charge in [0.1, 0.15) is 0 Å². The van der Waals surface area contributed by atoms with E-state index >= 15 is 0 Å². The maximum Gasteiger partial charge on any atom is 0.332 e. The van der Waals surface area contributed by atoms with Gasteiger partial charge in [-0.2, -0.15) is 0 Å². The van der Waals surface area contributed by atoms with Crippen molar-refractivity contribution in [3.63, 3.8) is 0 Å². The molecule has 1 heterocycles. The number of rotatable bonds is 12. The SMILES string of the molecule is CCCCCCCCCCNCC1CCC(C(=O)O)O1. The fourth-order valence-electron chi connectivity index (χ4n) is 2.68. The second-order valence-electron chi connectivity index (χ2n) is 5.84. The van der Waals surface area contributed by atoms with Crippen LogP contribution in [-0.4, -0.2) is 36.4 Å². The Kier molecular flexibility index (Phi) is 9.67. The van der Waals surface area contributed by atoms with Gasteiger partial charge in [-0.05, 0) is 25.8 Å². The zero-order valence-electron chi connectivity index (χ0n) is 12.9. The van der Waals surface area contributed by atoms with Crippen molar-refractivity contribution in [2.24, 2.45) is 0 Å². The van der Waals surface area contributed by atoms with Crippen molar-refractivity contribution in [3.05, 3.63) is 0 Å². The van der Waals surface area contributed by atoms with Crippen molar-refractivity contribution in [3.8, 4) is 0 Å². The lowest BCUT2D eigenvalue weighted by molar-refractivity contribution is -0.149. The molecule has 0 aromatic carbocycles. The summed E-state index contributed by atoms with van der Waals surface area (Å²) in [7, 11) is 0. The molecule has 1 fully saturated rings. The molecule has 2 unspecified atom stereocenters. The topological polar surface area (TPSA) is 58.6 Å². The Hall–Kier alpha value is -0.610. The highest BCUT2D eigenvalue weighted by atomic mass is 16.5. The molecule has 1 aliphatic heterocycles. The zero-order valence-corrected chi connectivity index (χ0v) is 12.9. The Morgan fingerprint density at radius 2 is 1.75 bits per heavy atom. The van der Waals surface area contributed by atoms with Gasteiger partial charge in [0.2, 0.25) is 0 Å². The Morgan fingerprint density at radius 3 is 2.35 bits per heavy atom. The van der Waals surface area contributed by atoms with Gasteiger partial charge in [-0.1, -0.05) is 51.9 Å². The summed E-state index contributed by atoms with van der Waals surface area (Å²) in [6.07, 6.45) is 11.7. The number of ether oxygens (including phenoxy) is 1. The van der Waals surface area contributed by atoms with Crippen LogP contribution in [0.15, 0.2) is 0 Å². The van der Waals surface area contributed by atoms with E-state index in [2.05, 4.69) is 12.2 Å². The van der Waals surface area contributed by atoms with Crippen LogP contribution in [0.25, 0.3) is 0 Å². The first-order valence-corrected chi connectivity index (χ1v) is 8.33. The van der Waals surface area contributed by atoms with Gasteiger partial charge in [0.15, 0.2) is 6.10 Å². The van der Waals surface area contributed by atoms with E-state index in [1.807, 2.05) is 0 Å². The van der Waals surface area contributed by atoms with Gasteiger partial charge < -0.3 is 15.2 Å². The van der Waals surface area contributed by atoms with E-state index in [-0.39, 0.29) is 6.10 Å². The van der Waals surface area contributed by atoms with Crippen LogP contribution in [0.4, 0.5) is 0 Å². The van der Waals surface area contributed by atoms with Crippen molar-refractivity contribution in [2.45, 2.75) is 83.3 Å². The molecule has 118 valence electrons. The second kappa shape index (κ2) is 11.1. The van der Waals surface area contributed by atoms with Gasteiger partial charge in [-0.15, -0.1) is 0 Å². The van der Waals surface area contributed by atoms with E-state index in [0.717, 1.165) is 19.5 Å². The van der Waals surface area contributed by atoms with Gasteiger partial charge in [-0.25, -0.2) is 4.79 Å². The lowest BCUT2D eigenvalue weighted by atomic mass is 10.1. The summed E-state index contributed by atoms with van der Waals surface area (Å²) < 4.78 is 5.44. The molecule has 0 aromatic rings. The number of unbranched alkanes of at least 4 members (excludes halogenated alkanes) is 7. The van der Waals surface area contributed by atoms with Crippen LogP contribution >= 0.6 is 0 Å². The minimum absolute atomic E-state index is 0.0881. The van der Waals surface area contributed by atoms with Crippen LogP contribution in [0.1, 0.15) is 71.1 Å². The molecule has 2 atom stereocenters. The number of carboxylic acids is 1. The molecule has 0 saturated carbocycles. The fraction of sp³-hybridized carbons (Fsp3) is 0.938. The molecule has 20 heavy (non-hydrogen) atoms. The smallest absolute Gasteiger partial charge is 0.332 e. The van der Waals surface area contributed by atoms with E-state index < -0.39 is 12.1 Å². The molecule has 0 aliphatic carbocycles. The van der Waals surface area contributed by atoms with Crippen molar-refractivity contribution < 1.29 is 14.6 Å². The van der Waals surface area contributed by atoms with Gasteiger partial charge in [0, 0.05) is 6.54 Å². The first kappa shape index (κ1) is 17.4. The summed E-state index contributed by atoms with van der Waals surface area (Å²) in [6, 6.07) is 0. The summed E-state index contributed by atoms with van der Waals surface area (Å²) in [5, 5.41) is 12.2. The third-order valence-corrected chi connectivity index (χ3v) is 3.96. The van der Waals surface area contributed by atoms with Crippen molar-refractivity contribution in [2.75, 3.05) is 13.1 Å². The van der Waals surface area contributed by atoms with E-state index in [1.54, 1.807) is 0 Å². The molecule has 0 radical (unpaired) electrons. The first-order chi connectivity index (χ1) is 9.74. The van der Waals surface area contributed by atoms with E-state index in [0.29, 0.717) is 6.42 Å². The molecule has 2 N–H and O–H groups in total. The maximum absolute atomic E-state index is 10.7. The molecule has 0 bridgehead atoms. The number of hydrogen-bond acceptors (Lipinski definition) is 3. The fourth-order valence-corrected chi connectivity index (χ4v) is 2.68. The van der Waals surface area contributed by atoms with Crippen molar-refractivity contribution in [1.82, 2.24) is 5.32 Å². The highest BCUT2D eigenvalue weighted by molar-refractivity contribution is 5.72. The average molecular weight is 285 g/mol. The molecular formula is C16H31NO3. The minimum Gasteiger partial charge on any atom is -0.479 e. The lowest BCUT2D eigenvalue weighted by Crippen LogP contribution is -2.29. The number of nitrogens with one attached hydrogen (secondary N) is 1. The van der Waals surface area contributed by atoms with Crippen LogP contribution < -0.4 is 5.32 Å². The van der Waals surface area contributed by atoms with Crippen molar-refractivity contribution in [1.29, 1.82) is 0 Å². The summed E-state index contributed by atoms with van der Waals surface area (Å²) in [4.78, 5) is 10.7. The highest BCUT2D eigenvalue weighted by Crippen LogP contribution is 2.19. The number of aliphatic carboxylic acids is 1. The van der Waals surface area contributed by atoms with Crippen LogP contribution in [0.5, 0.6) is 0 Å². The molecule has 4 heteroatoms. The van der Waals surface area contributed by atoms with E-state index in [9.17, 15) is 4.79 Å². The third kappa shape index (κ3) is 7.85. The van der Waals surface area contributed by atoms with Gasteiger partial charge in [0.05, 0.1) is 6.10 Å². The second-order valence-corrected chi connectivity index (χ2v) is 5.84. The van der Waals surface area contributed by atoms with Crippen LogP contribution in [0.3, 0.4) is 0 Å². The molecule has 1 aliphatic rings. The summed E-state index contributed by atoms with van der Waals surface area (Å²) >= 11 is 0. The Labute approximate surface area is 123 Å². The third-order valence-electron chi connectivity index (χ3n) is 3.96. The standard InChI is InChI=1S/C16H31NO3/c1-2-3-4-5-6-7-8-9-12-17-13-14-10-11-15(20-14)16(18)19/h14-15,17H,2-13H2,1H3,(H,18,19). The van der Waals surface area contributed by atoms with Crippen LogP contribution in [0.2, 0.25) is 0 Å². The zero-order chi connectivity index (χ0) is 14.6. The monoisotopic (exact) mass is 285 g/mol. The highest BCUT2D eigenvalue weighted by Gasteiger charge is 2.29. The molecule has 4 nitrogen and oxygen atoms in total. The Morgan fingerprint density at radius 1 is 1.10 bits per heavy atom. The summed E-state index contributed by atoms with van der Waals surface area (Å²) in [6.45, 7) is 4.06. The maximum atomic E-state index is 10.7. The summed E-state index contributed by atoms with van der Waals surface area (Å²) in [5.74, 6) is -0.824.